The first-order valence-electron chi connectivity index (χ1n) is 11.3. The molecule has 35 heavy (non-hydrogen) atoms. The van der Waals surface area contributed by atoms with E-state index in [0.717, 1.165) is 40.4 Å². The molecule has 4 aromatic heterocycles. The number of nitrogens with zero attached hydrogens (tertiary/aromatic N) is 6. The third-order valence-corrected chi connectivity index (χ3v) is 6.29. The molecule has 1 amide bonds. The second-order valence-corrected chi connectivity index (χ2v) is 8.58. The lowest BCUT2D eigenvalue weighted by molar-refractivity contribution is 0.0932. The molecule has 1 unspecified atom stereocenters. The van der Waals surface area contributed by atoms with E-state index in [-0.39, 0.29) is 23.5 Å². The molecule has 0 aliphatic heterocycles. The highest BCUT2D eigenvalue weighted by Crippen LogP contribution is 2.33. The molecule has 0 spiro atoms. The number of carbonyl (C=O) groups is 1. The molecule has 3 N–H and O–H groups in total. The van der Waals surface area contributed by atoms with Crippen molar-refractivity contribution >= 4 is 22.6 Å². The first-order chi connectivity index (χ1) is 17.1. The number of benzene rings is 1. The van der Waals surface area contributed by atoms with Gasteiger partial charge in [0.25, 0.3) is 5.91 Å². The Morgan fingerprint density at radius 1 is 1.11 bits per heavy atom. The van der Waals surface area contributed by atoms with Crippen LogP contribution in [0.2, 0.25) is 0 Å². The van der Waals surface area contributed by atoms with Gasteiger partial charge in [-0.2, -0.15) is 5.10 Å². The van der Waals surface area contributed by atoms with Gasteiger partial charge in [-0.1, -0.05) is 12.1 Å². The summed E-state index contributed by atoms with van der Waals surface area (Å²) in [6, 6.07) is 13.4. The van der Waals surface area contributed by atoms with Crippen LogP contribution in [0.5, 0.6) is 0 Å². The van der Waals surface area contributed by atoms with Crippen molar-refractivity contribution in [2.75, 3.05) is 5.73 Å². The molecule has 1 aliphatic rings. The van der Waals surface area contributed by atoms with Gasteiger partial charge in [0.05, 0.1) is 17.3 Å². The average molecular weight is 463 g/mol. The summed E-state index contributed by atoms with van der Waals surface area (Å²) in [5.74, 6) is -0.303. The van der Waals surface area contributed by atoms with Gasteiger partial charge >= 0.3 is 0 Å². The van der Waals surface area contributed by atoms with Crippen molar-refractivity contribution in [3.63, 3.8) is 0 Å². The number of nitrogen functional groups attached to an aromatic ring is 1. The van der Waals surface area contributed by atoms with E-state index in [9.17, 15) is 4.79 Å². The molecule has 1 aliphatic carbocycles. The molecule has 9 heteroatoms. The molecule has 1 atom stereocenters. The van der Waals surface area contributed by atoms with Crippen molar-refractivity contribution in [2.45, 2.75) is 18.9 Å². The third kappa shape index (κ3) is 3.76. The van der Waals surface area contributed by atoms with Crippen molar-refractivity contribution in [2.24, 2.45) is 7.05 Å². The molecule has 4 heterocycles. The van der Waals surface area contributed by atoms with E-state index in [0.29, 0.717) is 17.1 Å². The van der Waals surface area contributed by atoms with Crippen LogP contribution in [0, 0.1) is 0 Å². The Labute approximate surface area is 201 Å². The van der Waals surface area contributed by atoms with Gasteiger partial charge in [0, 0.05) is 42.8 Å². The summed E-state index contributed by atoms with van der Waals surface area (Å²) in [6.07, 6.45) is 8.84. The molecule has 0 saturated heterocycles. The zero-order chi connectivity index (χ0) is 23.9. The van der Waals surface area contributed by atoms with Crippen LogP contribution in [0.3, 0.4) is 0 Å². The number of nitrogens with one attached hydrogen (secondary N) is 1. The van der Waals surface area contributed by atoms with E-state index in [1.807, 2.05) is 61.9 Å². The number of hydrogen-bond acceptors (Lipinski definition) is 7. The number of anilines is 1. The van der Waals surface area contributed by atoms with Gasteiger partial charge in [0.1, 0.15) is 11.4 Å². The fraction of sp³-hybridized carbons (Fsp3) is 0.154. The molecule has 172 valence electrons. The van der Waals surface area contributed by atoms with Gasteiger partial charge in [0.15, 0.2) is 11.5 Å². The monoisotopic (exact) mass is 462 g/mol. The number of rotatable bonds is 4. The molecule has 9 nitrogen and oxygen atoms in total. The second kappa shape index (κ2) is 8.28. The Balaban J connectivity index is 1.44. The zero-order valence-corrected chi connectivity index (χ0v) is 19.0. The van der Waals surface area contributed by atoms with E-state index in [1.54, 1.807) is 17.1 Å². The van der Waals surface area contributed by atoms with E-state index in [4.69, 9.17) is 10.7 Å². The number of nitrogens with two attached hydrogens (primary N) is 1. The highest BCUT2D eigenvalue weighted by molar-refractivity contribution is 5.98. The smallest absolute Gasteiger partial charge is 0.274 e. The lowest BCUT2D eigenvalue weighted by Gasteiger charge is -2.16. The van der Waals surface area contributed by atoms with Crippen molar-refractivity contribution < 1.29 is 4.79 Å². The minimum absolute atomic E-state index is 0.0577. The van der Waals surface area contributed by atoms with Crippen LogP contribution in [-0.2, 0) is 13.5 Å². The highest BCUT2D eigenvalue weighted by Gasteiger charge is 2.27. The van der Waals surface area contributed by atoms with Crippen molar-refractivity contribution in [1.29, 1.82) is 0 Å². The number of carbonyl (C=O) groups excluding carboxylic acids is 1. The van der Waals surface area contributed by atoms with Crippen LogP contribution in [0.15, 0.2) is 67.3 Å². The number of fused-ring (bicyclic) bond motifs is 2. The maximum atomic E-state index is 13.3. The topological polar surface area (TPSA) is 124 Å². The Bertz CT molecular complexity index is 1590. The molecule has 0 fully saturated rings. The lowest BCUT2D eigenvalue weighted by Crippen LogP contribution is -2.29. The number of aryl methyl sites for hydroxylation is 2. The van der Waals surface area contributed by atoms with E-state index in [1.165, 1.54) is 0 Å². The maximum absolute atomic E-state index is 13.3. The Morgan fingerprint density at radius 3 is 2.89 bits per heavy atom. The number of aromatic nitrogens is 6. The minimum atomic E-state index is -0.360. The number of amides is 1. The van der Waals surface area contributed by atoms with Crippen molar-refractivity contribution in [1.82, 2.24) is 35.0 Å². The van der Waals surface area contributed by atoms with Gasteiger partial charge in [-0.3, -0.25) is 19.4 Å². The molecular formula is C26H22N8O. The summed E-state index contributed by atoms with van der Waals surface area (Å²) in [5.41, 5.74) is 11.9. The molecular weight excluding hydrogens is 440 g/mol. The standard InChI is InChI=1S/C26H22N8O/c1-34-12-9-21(33-34)23-22(16-4-6-19-15(13-16)3-2-10-29-19)31-24(25(27)32-23)26(35)30-20-7-5-17-14-28-11-8-18(17)20/h2-4,6,8-14,20H,5,7H2,1H3,(H2,27,32)(H,30,35). The van der Waals surface area contributed by atoms with Crippen molar-refractivity contribution in [3.05, 3.63) is 84.1 Å². The fourth-order valence-corrected chi connectivity index (χ4v) is 4.58. The molecule has 6 rings (SSSR count). The van der Waals surface area contributed by atoms with E-state index < -0.39 is 0 Å². The molecule has 0 radical (unpaired) electrons. The van der Waals surface area contributed by atoms with E-state index >= 15 is 0 Å². The summed E-state index contributed by atoms with van der Waals surface area (Å²) in [5, 5.41) is 8.53. The first-order valence-corrected chi connectivity index (χ1v) is 11.3. The molecule has 1 aromatic carbocycles. The van der Waals surface area contributed by atoms with Gasteiger partial charge in [-0.25, -0.2) is 9.97 Å². The van der Waals surface area contributed by atoms with Crippen LogP contribution in [0.4, 0.5) is 5.82 Å². The van der Waals surface area contributed by atoms with E-state index in [2.05, 4.69) is 25.4 Å². The van der Waals surface area contributed by atoms with Gasteiger partial charge in [0.2, 0.25) is 0 Å². The summed E-state index contributed by atoms with van der Waals surface area (Å²) in [4.78, 5) is 31.3. The number of pyridine rings is 2. The SMILES string of the molecule is Cn1ccc(-c2nc(N)c(C(=O)NC3CCc4cnccc43)nc2-c2ccc3ncccc3c2)n1. The predicted octanol–water partition coefficient (Wildman–Crippen LogP) is 3.49. The predicted molar refractivity (Wildman–Crippen MR) is 132 cm³/mol. The normalized spacial score (nSPS) is 14.7. The summed E-state index contributed by atoms with van der Waals surface area (Å²) >= 11 is 0. The average Bonchev–Trinajstić information content (AvgIpc) is 3.50. The van der Waals surface area contributed by atoms with Crippen LogP contribution in [0.25, 0.3) is 33.5 Å². The minimum Gasteiger partial charge on any atom is -0.382 e. The van der Waals surface area contributed by atoms with Gasteiger partial charge in [-0.15, -0.1) is 0 Å². The van der Waals surface area contributed by atoms with Crippen LogP contribution >= 0.6 is 0 Å². The maximum Gasteiger partial charge on any atom is 0.274 e. The lowest BCUT2D eigenvalue weighted by atomic mass is 10.0. The van der Waals surface area contributed by atoms with Crippen LogP contribution in [0.1, 0.15) is 34.1 Å². The third-order valence-electron chi connectivity index (χ3n) is 6.29. The van der Waals surface area contributed by atoms with Crippen molar-refractivity contribution in [3.8, 4) is 22.6 Å². The second-order valence-electron chi connectivity index (χ2n) is 8.58. The highest BCUT2D eigenvalue weighted by atomic mass is 16.2. The quantitative estimate of drug-likeness (QED) is 0.419. The summed E-state index contributed by atoms with van der Waals surface area (Å²) in [6.45, 7) is 0. The molecule has 0 saturated carbocycles. The molecule has 5 aromatic rings. The Morgan fingerprint density at radius 2 is 2.03 bits per heavy atom. The Hall–Kier alpha value is -4.66. The van der Waals surface area contributed by atoms with Crippen LogP contribution < -0.4 is 11.1 Å². The number of hydrogen-bond donors (Lipinski definition) is 2. The molecule has 0 bridgehead atoms. The van der Waals surface area contributed by atoms with Gasteiger partial charge in [-0.05, 0) is 54.3 Å². The first kappa shape index (κ1) is 20.9. The van der Waals surface area contributed by atoms with Gasteiger partial charge < -0.3 is 11.1 Å². The summed E-state index contributed by atoms with van der Waals surface area (Å²) < 4.78 is 1.69. The Kier molecular flexibility index (Phi) is 4.95. The zero-order valence-electron chi connectivity index (χ0n) is 19.0. The largest absolute Gasteiger partial charge is 0.382 e. The fourth-order valence-electron chi connectivity index (χ4n) is 4.58. The van der Waals surface area contributed by atoms with Crippen LogP contribution in [-0.4, -0.2) is 35.6 Å². The summed E-state index contributed by atoms with van der Waals surface area (Å²) in [7, 11) is 1.83.